The zero-order valence-corrected chi connectivity index (χ0v) is 7.62. The van der Waals surface area contributed by atoms with Crippen molar-refractivity contribution in [3.8, 4) is 0 Å². The van der Waals surface area contributed by atoms with Gasteiger partial charge in [-0.25, -0.2) is 4.39 Å². The predicted octanol–water partition coefficient (Wildman–Crippen LogP) is 2.58. The van der Waals surface area contributed by atoms with Crippen molar-refractivity contribution < 1.29 is 9.18 Å². The van der Waals surface area contributed by atoms with Gasteiger partial charge in [-0.2, -0.15) is 0 Å². The van der Waals surface area contributed by atoms with Crippen LogP contribution in [0.2, 0.25) is 0 Å². The minimum atomic E-state index is -0.510. The van der Waals surface area contributed by atoms with Crippen molar-refractivity contribution in [2.75, 3.05) is 0 Å². The summed E-state index contributed by atoms with van der Waals surface area (Å²) in [5.74, 6) is -0.810. The number of aromatic nitrogens is 1. The van der Waals surface area contributed by atoms with Crippen molar-refractivity contribution in [3.63, 3.8) is 0 Å². The molecule has 3 heteroatoms. The number of fused-ring (bicyclic) bond motifs is 1. The molecular formula is C11H8FNO. The molecule has 2 rings (SSSR count). The molecule has 0 saturated heterocycles. The van der Waals surface area contributed by atoms with Gasteiger partial charge in [0.05, 0.1) is 11.1 Å². The molecule has 0 aliphatic carbocycles. The Labute approximate surface area is 80.4 Å². The Hall–Kier alpha value is -1.77. The van der Waals surface area contributed by atoms with Crippen molar-refractivity contribution in [3.05, 3.63) is 41.8 Å². The fourth-order valence-corrected chi connectivity index (χ4v) is 1.46. The van der Waals surface area contributed by atoms with Gasteiger partial charge in [0, 0.05) is 11.6 Å². The first kappa shape index (κ1) is 8.81. The molecule has 0 aliphatic heterocycles. The summed E-state index contributed by atoms with van der Waals surface area (Å²) in [5.41, 5.74) is 0.503. The van der Waals surface area contributed by atoms with Gasteiger partial charge in [0.2, 0.25) is 0 Å². The molecule has 1 heterocycles. The second kappa shape index (κ2) is 3.18. The lowest BCUT2D eigenvalue weighted by atomic mass is 10.1. The van der Waals surface area contributed by atoms with Crippen LogP contribution in [0.15, 0.2) is 30.5 Å². The summed E-state index contributed by atoms with van der Waals surface area (Å²) < 4.78 is 13.3. The maximum Gasteiger partial charge on any atom is 0.164 e. The van der Waals surface area contributed by atoms with E-state index in [0.29, 0.717) is 5.52 Å². The summed E-state index contributed by atoms with van der Waals surface area (Å²) >= 11 is 0. The van der Waals surface area contributed by atoms with E-state index in [2.05, 4.69) is 4.98 Å². The molecule has 0 aliphatic rings. The molecule has 0 radical (unpaired) electrons. The SMILES string of the molecule is CC(=O)c1c(F)ccc2cccnc12. The topological polar surface area (TPSA) is 30.0 Å². The fraction of sp³-hybridized carbons (Fsp3) is 0.0909. The van der Waals surface area contributed by atoms with E-state index in [0.717, 1.165) is 5.39 Å². The van der Waals surface area contributed by atoms with E-state index in [1.807, 2.05) is 0 Å². The molecule has 14 heavy (non-hydrogen) atoms. The molecule has 2 aromatic rings. The Balaban J connectivity index is 2.90. The third-order valence-electron chi connectivity index (χ3n) is 2.08. The first-order valence-corrected chi connectivity index (χ1v) is 4.24. The number of hydrogen-bond acceptors (Lipinski definition) is 2. The van der Waals surface area contributed by atoms with Crippen LogP contribution in [0.5, 0.6) is 0 Å². The Morgan fingerprint density at radius 3 is 2.86 bits per heavy atom. The number of rotatable bonds is 1. The molecule has 1 aromatic carbocycles. The quantitative estimate of drug-likeness (QED) is 0.645. The van der Waals surface area contributed by atoms with Crippen LogP contribution in [0.1, 0.15) is 17.3 Å². The lowest BCUT2D eigenvalue weighted by Gasteiger charge is -2.02. The van der Waals surface area contributed by atoms with Crippen LogP contribution >= 0.6 is 0 Å². The smallest absolute Gasteiger partial charge is 0.164 e. The standard InChI is InChI=1S/C11H8FNO/c1-7(14)10-9(12)5-4-8-3-2-6-13-11(8)10/h2-6H,1H3. The molecule has 0 bridgehead atoms. The lowest BCUT2D eigenvalue weighted by Crippen LogP contribution is -1.99. The number of carbonyl (C=O) groups excluding carboxylic acids is 1. The number of pyridine rings is 1. The van der Waals surface area contributed by atoms with Gasteiger partial charge in [0.15, 0.2) is 5.78 Å². The van der Waals surface area contributed by atoms with E-state index in [1.165, 1.54) is 13.0 Å². The third kappa shape index (κ3) is 1.27. The largest absolute Gasteiger partial charge is 0.294 e. The van der Waals surface area contributed by atoms with E-state index >= 15 is 0 Å². The summed E-state index contributed by atoms with van der Waals surface area (Å²) in [6.45, 7) is 1.34. The average Bonchev–Trinajstić information content (AvgIpc) is 2.17. The van der Waals surface area contributed by atoms with Crippen molar-refractivity contribution in [2.24, 2.45) is 0 Å². The highest BCUT2D eigenvalue weighted by Gasteiger charge is 2.12. The van der Waals surface area contributed by atoms with Crippen LogP contribution < -0.4 is 0 Å². The van der Waals surface area contributed by atoms with Crippen LogP contribution in [0, 0.1) is 5.82 Å². The van der Waals surface area contributed by atoms with Crippen molar-refractivity contribution in [2.45, 2.75) is 6.92 Å². The number of carbonyl (C=O) groups is 1. The minimum Gasteiger partial charge on any atom is -0.294 e. The lowest BCUT2D eigenvalue weighted by molar-refractivity contribution is 0.101. The van der Waals surface area contributed by atoms with Crippen molar-refractivity contribution in [1.82, 2.24) is 4.98 Å². The molecule has 1 aromatic heterocycles. The van der Waals surface area contributed by atoms with E-state index in [1.54, 1.807) is 24.4 Å². The molecule has 0 amide bonds. The predicted molar refractivity (Wildman–Crippen MR) is 51.7 cm³/mol. The molecule has 0 atom stereocenters. The van der Waals surface area contributed by atoms with Gasteiger partial charge in [0.1, 0.15) is 5.82 Å². The van der Waals surface area contributed by atoms with E-state index in [-0.39, 0.29) is 11.3 Å². The summed E-state index contributed by atoms with van der Waals surface area (Å²) in [6, 6.07) is 6.46. The van der Waals surface area contributed by atoms with Crippen LogP contribution in [-0.2, 0) is 0 Å². The molecule has 0 unspecified atom stereocenters. The average molecular weight is 189 g/mol. The second-order valence-corrected chi connectivity index (χ2v) is 3.05. The van der Waals surface area contributed by atoms with Gasteiger partial charge < -0.3 is 0 Å². The Morgan fingerprint density at radius 2 is 2.14 bits per heavy atom. The summed E-state index contributed by atoms with van der Waals surface area (Å²) in [5, 5.41) is 0.777. The summed E-state index contributed by atoms with van der Waals surface area (Å²) in [7, 11) is 0. The van der Waals surface area contributed by atoms with Crippen LogP contribution in [-0.4, -0.2) is 10.8 Å². The zero-order valence-electron chi connectivity index (χ0n) is 7.62. The highest BCUT2D eigenvalue weighted by molar-refractivity contribution is 6.05. The summed E-state index contributed by atoms with van der Waals surface area (Å²) in [6.07, 6.45) is 1.55. The molecule has 2 nitrogen and oxygen atoms in total. The number of halogens is 1. The first-order chi connectivity index (χ1) is 6.70. The fourth-order valence-electron chi connectivity index (χ4n) is 1.46. The Morgan fingerprint density at radius 1 is 1.36 bits per heavy atom. The molecule has 0 fully saturated rings. The maximum atomic E-state index is 13.3. The maximum absolute atomic E-state index is 13.3. The van der Waals surface area contributed by atoms with E-state index in [4.69, 9.17) is 0 Å². The highest BCUT2D eigenvalue weighted by atomic mass is 19.1. The normalized spacial score (nSPS) is 10.4. The Bertz CT molecular complexity index is 508. The molecule has 0 spiro atoms. The number of benzene rings is 1. The number of ketones is 1. The minimum absolute atomic E-state index is 0.0723. The molecule has 0 saturated carbocycles. The first-order valence-electron chi connectivity index (χ1n) is 4.24. The molecule has 70 valence electrons. The number of Topliss-reactive ketones (excluding diaryl/α,β-unsaturated/α-hetero) is 1. The highest BCUT2D eigenvalue weighted by Crippen LogP contribution is 2.19. The van der Waals surface area contributed by atoms with Gasteiger partial charge in [0.25, 0.3) is 0 Å². The van der Waals surface area contributed by atoms with Gasteiger partial charge in [-0.05, 0) is 25.1 Å². The third-order valence-corrected chi connectivity index (χ3v) is 2.08. The van der Waals surface area contributed by atoms with Crippen LogP contribution in [0.25, 0.3) is 10.9 Å². The van der Waals surface area contributed by atoms with Gasteiger partial charge in [-0.3, -0.25) is 9.78 Å². The number of hydrogen-bond donors (Lipinski definition) is 0. The molecular weight excluding hydrogens is 181 g/mol. The monoisotopic (exact) mass is 189 g/mol. The van der Waals surface area contributed by atoms with Crippen molar-refractivity contribution >= 4 is 16.7 Å². The molecule has 0 N–H and O–H groups in total. The van der Waals surface area contributed by atoms with Crippen LogP contribution in [0.3, 0.4) is 0 Å². The summed E-state index contributed by atoms with van der Waals surface area (Å²) in [4.78, 5) is 15.2. The Kier molecular flexibility index (Phi) is 2.00. The van der Waals surface area contributed by atoms with Crippen molar-refractivity contribution in [1.29, 1.82) is 0 Å². The van der Waals surface area contributed by atoms with E-state index in [9.17, 15) is 9.18 Å². The van der Waals surface area contributed by atoms with Gasteiger partial charge in [-0.1, -0.05) is 6.07 Å². The van der Waals surface area contributed by atoms with Crippen LogP contribution in [0.4, 0.5) is 4.39 Å². The zero-order chi connectivity index (χ0) is 10.1. The van der Waals surface area contributed by atoms with Gasteiger partial charge in [-0.15, -0.1) is 0 Å². The van der Waals surface area contributed by atoms with E-state index < -0.39 is 5.82 Å². The number of nitrogens with zero attached hydrogens (tertiary/aromatic N) is 1. The second-order valence-electron chi connectivity index (χ2n) is 3.05. The van der Waals surface area contributed by atoms with Gasteiger partial charge >= 0.3 is 0 Å².